The highest BCUT2D eigenvalue weighted by Gasteiger charge is 2.78. The lowest BCUT2D eigenvalue weighted by Crippen LogP contribution is -2.62. The van der Waals surface area contributed by atoms with Crippen molar-refractivity contribution in [3.63, 3.8) is 0 Å². The standard InChI is InChI=1S/C46H63N5O6/c1-28-37-22-33(44(37,2)3)23-38(28)48-43(54)41-46(27-45(46,4)55)39(26-52)57-51(41)24-30-16-13-17-36(40(30)56-9)31-19-32(21-35(20-31)50(7)8)42(53)47-34(25-49(5)6)18-29-14-11-10-12-15-29/h10-17,19-21,28,33-34,37-39,41,52,55H,18,22-27H2,1-9H3,(H,47,53)(H,48,54)/t28-,33+,34+,37-,38-,39-,41+,45?,46+/m0/s1. The minimum Gasteiger partial charge on any atom is -0.496 e. The Bertz CT molecular complexity index is 1950. The molecule has 1 aliphatic heterocycles. The number of amides is 2. The van der Waals surface area contributed by atoms with E-state index in [2.05, 4.69) is 48.4 Å². The van der Waals surface area contributed by atoms with Crippen LogP contribution in [0.1, 0.15) is 68.4 Å². The Hall–Kier alpha value is -4.00. The van der Waals surface area contributed by atoms with E-state index in [0.29, 0.717) is 48.5 Å². The summed E-state index contributed by atoms with van der Waals surface area (Å²) in [6.45, 7) is 9.21. The predicted molar refractivity (Wildman–Crippen MR) is 223 cm³/mol. The van der Waals surface area contributed by atoms with Crippen molar-refractivity contribution in [1.29, 1.82) is 0 Å². The minimum atomic E-state index is -1.18. The fourth-order valence-electron chi connectivity index (χ4n) is 10.7. The second-order valence-corrected chi connectivity index (χ2v) is 18.6. The Morgan fingerprint density at radius 1 is 1.02 bits per heavy atom. The van der Waals surface area contributed by atoms with Gasteiger partial charge in [-0.3, -0.25) is 14.4 Å². The highest BCUT2D eigenvalue weighted by atomic mass is 16.7. The van der Waals surface area contributed by atoms with Crippen LogP contribution >= 0.6 is 0 Å². The predicted octanol–water partition coefficient (Wildman–Crippen LogP) is 5.14. The molecule has 4 saturated carbocycles. The smallest absolute Gasteiger partial charge is 0.251 e. The summed E-state index contributed by atoms with van der Waals surface area (Å²) in [6.07, 6.45) is 2.44. The Balaban J connectivity index is 1.18. The van der Waals surface area contributed by atoms with Gasteiger partial charge in [-0.25, -0.2) is 0 Å². The van der Waals surface area contributed by atoms with Gasteiger partial charge in [-0.05, 0) is 99.2 Å². The second kappa shape index (κ2) is 15.6. The van der Waals surface area contributed by atoms with Crippen LogP contribution in [0.3, 0.4) is 0 Å². The van der Waals surface area contributed by atoms with Crippen molar-refractivity contribution >= 4 is 17.5 Å². The zero-order valence-electron chi connectivity index (χ0n) is 35.2. The highest BCUT2D eigenvalue weighted by Crippen LogP contribution is 2.66. The molecule has 4 N–H and O–H groups in total. The van der Waals surface area contributed by atoms with Gasteiger partial charge < -0.3 is 35.4 Å². The first kappa shape index (κ1) is 41.2. The van der Waals surface area contributed by atoms with Crippen LogP contribution in [0, 0.1) is 28.6 Å². The fourth-order valence-corrected chi connectivity index (χ4v) is 10.7. The van der Waals surface area contributed by atoms with Gasteiger partial charge >= 0.3 is 0 Å². The molecule has 2 bridgehead atoms. The van der Waals surface area contributed by atoms with Gasteiger partial charge in [0, 0.05) is 55.1 Å². The summed E-state index contributed by atoms with van der Waals surface area (Å²) in [5.74, 6) is 1.70. The zero-order chi connectivity index (χ0) is 41.0. The number of hydrogen-bond acceptors (Lipinski definition) is 9. The summed E-state index contributed by atoms with van der Waals surface area (Å²) in [5.41, 5.74) is 3.05. The van der Waals surface area contributed by atoms with E-state index in [4.69, 9.17) is 9.57 Å². The van der Waals surface area contributed by atoms with Crippen molar-refractivity contribution in [2.24, 2.45) is 28.6 Å². The van der Waals surface area contributed by atoms with Crippen LogP contribution in [-0.4, -0.2) is 110 Å². The van der Waals surface area contributed by atoms with Crippen LogP contribution in [0.4, 0.5) is 5.69 Å². The summed E-state index contributed by atoms with van der Waals surface area (Å²) in [7, 11) is 9.54. The molecule has 9 atom stereocenters. The van der Waals surface area contributed by atoms with Crippen LogP contribution in [0.2, 0.25) is 0 Å². The number of carbonyl (C=O) groups excluding carboxylic acids is 2. The van der Waals surface area contributed by atoms with Gasteiger partial charge in [0.05, 0.1) is 31.3 Å². The number of fused-ring (bicyclic) bond motifs is 2. The third-order valence-electron chi connectivity index (χ3n) is 14.1. The Morgan fingerprint density at radius 2 is 1.74 bits per heavy atom. The van der Waals surface area contributed by atoms with Gasteiger partial charge in [0.2, 0.25) is 5.91 Å². The molecular weight excluding hydrogens is 719 g/mol. The molecule has 3 aromatic carbocycles. The normalized spacial score (nSPS) is 30.5. The number of benzene rings is 3. The van der Waals surface area contributed by atoms with Crippen molar-refractivity contribution in [1.82, 2.24) is 20.6 Å². The number of nitrogens with zero attached hydrogens (tertiary/aromatic N) is 3. The van der Waals surface area contributed by atoms with Crippen LogP contribution in [0.5, 0.6) is 5.75 Å². The number of methoxy groups -OCH3 is 1. The lowest BCUT2D eigenvalue weighted by atomic mass is 9.45. The Labute approximate surface area is 338 Å². The number of anilines is 1. The first-order valence-electron chi connectivity index (χ1n) is 20.6. The number of rotatable bonds is 14. The first-order valence-corrected chi connectivity index (χ1v) is 20.6. The van der Waals surface area contributed by atoms with Crippen LogP contribution < -0.4 is 20.3 Å². The van der Waals surface area contributed by atoms with E-state index < -0.39 is 23.2 Å². The molecule has 5 aliphatic rings. The summed E-state index contributed by atoms with van der Waals surface area (Å²) in [4.78, 5) is 39.1. The molecule has 1 spiro atoms. The number of hydrogen-bond donors (Lipinski definition) is 4. The van der Waals surface area contributed by atoms with Crippen molar-refractivity contribution in [2.45, 2.75) is 89.8 Å². The van der Waals surface area contributed by atoms with Crippen molar-refractivity contribution in [3.8, 4) is 16.9 Å². The molecule has 1 heterocycles. The molecule has 1 unspecified atom stereocenters. The van der Waals surface area contributed by atoms with E-state index >= 15 is 0 Å². The number of aliphatic hydroxyl groups excluding tert-OH is 1. The van der Waals surface area contributed by atoms with E-state index in [1.165, 1.54) is 6.42 Å². The maximum atomic E-state index is 14.5. The van der Waals surface area contributed by atoms with Crippen molar-refractivity contribution < 1.29 is 29.4 Å². The summed E-state index contributed by atoms with van der Waals surface area (Å²) in [6, 6.07) is 21.0. The summed E-state index contributed by atoms with van der Waals surface area (Å²) < 4.78 is 6.14. The van der Waals surface area contributed by atoms with E-state index in [1.807, 2.05) is 87.7 Å². The second-order valence-electron chi connectivity index (χ2n) is 18.6. The lowest BCUT2D eigenvalue weighted by Gasteiger charge is -2.62. The number of nitrogens with one attached hydrogen (secondary N) is 2. The van der Waals surface area contributed by atoms with Crippen LogP contribution in [0.15, 0.2) is 66.7 Å². The quantitative estimate of drug-likeness (QED) is 0.176. The Kier molecular flexibility index (Phi) is 11.3. The summed E-state index contributed by atoms with van der Waals surface area (Å²) in [5, 5.41) is 30.4. The van der Waals surface area contributed by atoms with Gasteiger partial charge in [-0.2, -0.15) is 5.06 Å². The van der Waals surface area contributed by atoms with Crippen LogP contribution in [0.25, 0.3) is 11.1 Å². The van der Waals surface area contributed by atoms with Gasteiger partial charge in [-0.1, -0.05) is 69.3 Å². The molecule has 11 heteroatoms. The van der Waals surface area contributed by atoms with E-state index in [0.717, 1.165) is 34.4 Å². The molecule has 4 aliphatic carbocycles. The third kappa shape index (κ3) is 7.58. The van der Waals surface area contributed by atoms with Gasteiger partial charge in [0.15, 0.2) is 0 Å². The lowest BCUT2D eigenvalue weighted by molar-refractivity contribution is -0.183. The molecule has 2 amide bonds. The number of para-hydroxylation sites is 1. The van der Waals surface area contributed by atoms with E-state index in [9.17, 15) is 19.8 Å². The van der Waals surface area contributed by atoms with E-state index in [-0.39, 0.29) is 42.5 Å². The zero-order valence-corrected chi connectivity index (χ0v) is 35.2. The largest absolute Gasteiger partial charge is 0.496 e. The van der Waals surface area contributed by atoms with Crippen molar-refractivity contribution in [2.75, 3.05) is 53.4 Å². The van der Waals surface area contributed by atoms with Gasteiger partial charge in [-0.15, -0.1) is 0 Å². The molecule has 3 aromatic rings. The van der Waals surface area contributed by atoms with E-state index in [1.54, 1.807) is 19.1 Å². The third-order valence-corrected chi connectivity index (χ3v) is 14.1. The monoisotopic (exact) mass is 781 g/mol. The molecule has 57 heavy (non-hydrogen) atoms. The first-order chi connectivity index (χ1) is 27.0. The number of likely N-dealkylation sites (N-methyl/N-ethyl adjacent to an activating group) is 1. The van der Waals surface area contributed by atoms with Crippen molar-refractivity contribution in [3.05, 3.63) is 83.4 Å². The topological polar surface area (TPSA) is 127 Å². The average Bonchev–Trinajstić information content (AvgIpc) is 3.59. The highest BCUT2D eigenvalue weighted by molar-refractivity contribution is 5.97. The number of hydroxylamine groups is 2. The van der Waals surface area contributed by atoms with Gasteiger partial charge in [0.25, 0.3) is 5.91 Å². The molecule has 308 valence electrons. The number of aliphatic hydroxyl groups is 2. The maximum absolute atomic E-state index is 14.5. The van der Waals surface area contributed by atoms with Crippen LogP contribution in [-0.2, 0) is 22.6 Å². The molecule has 1 saturated heterocycles. The Morgan fingerprint density at radius 3 is 2.33 bits per heavy atom. The molecule has 5 fully saturated rings. The summed E-state index contributed by atoms with van der Waals surface area (Å²) >= 11 is 0. The molecule has 11 nitrogen and oxygen atoms in total. The SMILES string of the molecule is COc1c(CN2O[C@@H](CO)[C@]3(CC3(C)O)[C@H]2C(=O)N[C@H]2C[C@H]3C[C@@H]([C@@H]2C)C3(C)C)cccc1-c1cc(C(=O)N[C@H](Cc2ccccc2)CN(C)C)cc(N(C)C)c1. The molecular formula is C46H63N5O6. The average molecular weight is 782 g/mol. The molecule has 8 rings (SSSR count). The molecule has 0 radical (unpaired) electrons. The number of ether oxygens (including phenoxy) is 1. The molecule has 0 aromatic heterocycles. The minimum absolute atomic E-state index is 0.0368. The maximum Gasteiger partial charge on any atom is 0.251 e. The number of carbonyl (C=O) groups is 2. The fraction of sp³-hybridized carbons (Fsp3) is 0.565. The van der Waals surface area contributed by atoms with Gasteiger partial charge in [0.1, 0.15) is 17.9 Å².